The number of fused-ring (bicyclic) bond motifs is 9. The maximum absolute atomic E-state index is 12.8. The van der Waals surface area contributed by atoms with E-state index in [1.165, 1.54) is 28.3 Å². The molecule has 3 nitrogen and oxygen atoms in total. The monoisotopic (exact) mass is 307 g/mol. The van der Waals surface area contributed by atoms with Gasteiger partial charge >= 0.3 is 6.09 Å². The molecule has 4 atom stereocenters. The molecule has 0 spiro atoms. The van der Waals surface area contributed by atoms with Crippen LogP contribution in [0.5, 0.6) is 0 Å². The highest BCUT2D eigenvalue weighted by atomic mass is 16.6. The first-order valence-corrected chi connectivity index (χ1v) is 8.48. The summed E-state index contributed by atoms with van der Waals surface area (Å²) >= 11 is 0. The molecule has 1 saturated heterocycles. The fraction of sp³-hybridized carbons (Fsp3) is 0.450. The van der Waals surface area contributed by atoms with E-state index in [0.717, 1.165) is 0 Å². The molecule has 2 aromatic rings. The van der Waals surface area contributed by atoms with Gasteiger partial charge in [-0.15, -0.1) is 0 Å². The van der Waals surface area contributed by atoms with Gasteiger partial charge < -0.3 is 4.74 Å². The van der Waals surface area contributed by atoms with E-state index in [-0.39, 0.29) is 18.2 Å². The van der Waals surface area contributed by atoms with Crippen LogP contribution in [0.4, 0.5) is 4.79 Å². The van der Waals surface area contributed by atoms with Gasteiger partial charge in [-0.2, -0.15) is 0 Å². The fourth-order valence-electron chi connectivity index (χ4n) is 4.64. The number of ether oxygens (including phenoxy) is 1. The summed E-state index contributed by atoms with van der Waals surface area (Å²) < 4.78 is 5.69. The van der Waals surface area contributed by atoms with Crippen molar-refractivity contribution in [1.82, 2.24) is 4.90 Å². The molecule has 0 radical (unpaired) electrons. The van der Waals surface area contributed by atoms with Gasteiger partial charge in [-0.1, -0.05) is 24.3 Å². The van der Waals surface area contributed by atoms with Crippen LogP contribution in [0.25, 0.3) is 10.8 Å². The molecule has 3 aliphatic rings. The van der Waals surface area contributed by atoms with Crippen molar-refractivity contribution < 1.29 is 9.53 Å². The van der Waals surface area contributed by atoms with E-state index in [2.05, 4.69) is 36.4 Å². The van der Waals surface area contributed by atoms with Crippen molar-refractivity contribution in [3.8, 4) is 0 Å². The van der Waals surface area contributed by atoms with Crippen LogP contribution in [-0.4, -0.2) is 16.6 Å². The minimum atomic E-state index is -0.444. The molecule has 0 unspecified atom stereocenters. The number of carbonyl (C=O) groups is 1. The third kappa shape index (κ3) is 1.79. The van der Waals surface area contributed by atoms with Crippen molar-refractivity contribution >= 4 is 16.9 Å². The van der Waals surface area contributed by atoms with Gasteiger partial charge in [-0.25, -0.2) is 4.79 Å². The van der Waals surface area contributed by atoms with Crippen LogP contribution in [0, 0.1) is 11.8 Å². The maximum Gasteiger partial charge on any atom is 0.411 e. The molecule has 1 amide bonds. The molecular weight excluding hydrogens is 286 g/mol. The molecule has 0 N–H and O–H groups in total. The van der Waals surface area contributed by atoms with Crippen molar-refractivity contribution in [2.45, 2.75) is 44.9 Å². The van der Waals surface area contributed by atoms with Crippen LogP contribution >= 0.6 is 0 Å². The number of amides is 1. The van der Waals surface area contributed by atoms with Gasteiger partial charge in [-0.05, 0) is 73.1 Å². The minimum Gasteiger partial charge on any atom is -0.444 e. The van der Waals surface area contributed by atoms with E-state index in [1.54, 1.807) is 0 Å². The Labute approximate surface area is 136 Å². The molecule has 1 aliphatic carbocycles. The number of piperidine rings is 1. The number of hydrogen-bond donors (Lipinski definition) is 0. The molecule has 2 aromatic carbocycles. The van der Waals surface area contributed by atoms with Crippen molar-refractivity contribution in [3.63, 3.8) is 0 Å². The first-order valence-electron chi connectivity index (χ1n) is 8.48. The average molecular weight is 307 g/mol. The predicted molar refractivity (Wildman–Crippen MR) is 89.1 cm³/mol. The van der Waals surface area contributed by atoms with E-state index >= 15 is 0 Å². The Morgan fingerprint density at radius 3 is 2.04 bits per heavy atom. The minimum absolute atomic E-state index is 0.153. The van der Waals surface area contributed by atoms with Crippen LogP contribution in [0.3, 0.4) is 0 Å². The van der Waals surface area contributed by atoms with E-state index in [4.69, 9.17) is 4.74 Å². The summed E-state index contributed by atoms with van der Waals surface area (Å²) in [6, 6.07) is 13.5. The van der Waals surface area contributed by atoms with Gasteiger partial charge in [0.25, 0.3) is 0 Å². The summed E-state index contributed by atoms with van der Waals surface area (Å²) in [7, 11) is 0. The number of benzene rings is 2. The number of hydrogen-bond acceptors (Lipinski definition) is 2. The second kappa shape index (κ2) is 4.08. The molecule has 3 heteroatoms. The van der Waals surface area contributed by atoms with Crippen LogP contribution in [-0.2, 0) is 4.74 Å². The lowest BCUT2D eigenvalue weighted by molar-refractivity contribution is 0.0134. The van der Waals surface area contributed by atoms with E-state index in [0.29, 0.717) is 11.8 Å². The Hall–Kier alpha value is -2.03. The van der Waals surface area contributed by atoms with Crippen molar-refractivity contribution in [2.75, 3.05) is 0 Å². The SMILES string of the molecule is CC(C)(C)OC(=O)N1[C@@H]2c3cc4ccccc4cc3[C@H]1[C@@H]1C[C@@H]12. The molecule has 1 saturated carbocycles. The van der Waals surface area contributed by atoms with Crippen LogP contribution < -0.4 is 0 Å². The lowest BCUT2D eigenvalue weighted by atomic mass is 9.89. The van der Waals surface area contributed by atoms with Gasteiger partial charge in [0.1, 0.15) is 5.60 Å². The Morgan fingerprint density at radius 1 is 1.04 bits per heavy atom. The van der Waals surface area contributed by atoms with Gasteiger partial charge in [-0.3, -0.25) is 4.90 Å². The van der Waals surface area contributed by atoms with Crippen molar-refractivity contribution in [2.24, 2.45) is 11.8 Å². The fourth-order valence-corrected chi connectivity index (χ4v) is 4.64. The molecule has 23 heavy (non-hydrogen) atoms. The Morgan fingerprint density at radius 2 is 1.57 bits per heavy atom. The Kier molecular flexibility index (Phi) is 2.38. The molecule has 0 aromatic heterocycles. The lowest BCUT2D eigenvalue weighted by Gasteiger charge is -2.29. The largest absolute Gasteiger partial charge is 0.444 e. The Bertz CT molecular complexity index is 781. The summed E-state index contributed by atoms with van der Waals surface area (Å²) in [5.41, 5.74) is 2.25. The first kappa shape index (κ1) is 13.4. The smallest absolute Gasteiger partial charge is 0.411 e. The number of nitrogens with zero attached hydrogens (tertiary/aromatic N) is 1. The summed E-state index contributed by atoms with van der Waals surface area (Å²) in [4.78, 5) is 14.8. The average Bonchev–Trinajstić information content (AvgIpc) is 3.12. The molecule has 2 bridgehead atoms. The topological polar surface area (TPSA) is 29.5 Å². The quantitative estimate of drug-likeness (QED) is 0.698. The summed E-state index contributed by atoms with van der Waals surface area (Å²) in [6.45, 7) is 5.81. The molecule has 5 rings (SSSR count). The highest BCUT2D eigenvalue weighted by molar-refractivity contribution is 5.86. The van der Waals surface area contributed by atoms with Crippen molar-refractivity contribution in [3.05, 3.63) is 47.5 Å². The summed E-state index contributed by atoms with van der Waals surface area (Å²) in [5.74, 6) is 1.28. The van der Waals surface area contributed by atoms with E-state index in [9.17, 15) is 4.79 Å². The molecule has 2 fully saturated rings. The van der Waals surface area contributed by atoms with Gasteiger partial charge in [0.05, 0.1) is 12.1 Å². The maximum atomic E-state index is 12.8. The van der Waals surface area contributed by atoms with Crippen LogP contribution in [0.1, 0.15) is 50.4 Å². The zero-order valence-electron chi connectivity index (χ0n) is 13.7. The highest BCUT2D eigenvalue weighted by Crippen LogP contribution is 2.71. The third-order valence-electron chi connectivity index (χ3n) is 5.49. The third-order valence-corrected chi connectivity index (χ3v) is 5.49. The zero-order valence-corrected chi connectivity index (χ0v) is 13.7. The first-order chi connectivity index (χ1) is 10.9. The second-order valence-electron chi connectivity index (χ2n) is 8.17. The van der Waals surface area contributed by atoms with E-state index < -0.39 is 5.60 Å². The molecular formula is C20H21NO2. The zero-order chi connectivity index (χ0) is 15.9. The number of rotatable bonds is 0. The lowest BCUT2D eigenvalue weighted by Crippen LogP contribution is -2.36. The highest BCUT2D eigenvalue weighted by Gasteiger charge is 2.66. The van der Waals surface area contributed by atoms with Gasteiger partial charge in [0.2, 0.25) is 0 Å². The molecule has 2 heterocycles. The normalized spacial score (nSPS) is 30.3. The Balaban J connectivity index is 1.60. The molecule has 118 valence electrons. The second-order valence-corrected chi connectivity index (χ2v) is 8.17. The summed E-state index contributed by atoms with van der Waals surface area (Å²) in [6.07, 6.45) is 1.10. The van der Waals surface area contributed by atoms with Gasteiger partial charge in [0.15, 0.2) is 0 Å². The van der Waals surface area contributed by atoms with E-state index in [1.807, 2.05) is 25.7 Å². The summed E-state index contributed by atoms with van der Waals surface area (Å²) in [5, 5.41) is 2.53. The number of carbonyl (C=O) groups excluding carboxylic acids is 1. The van der Waals surface area contributed by atoms with Gasteiger partial charge in [0, 0.05) is 0 Å². The van der Waals surface area contributed by atoms with Crippen LogP contribution in [0.2, 0.25) is 0 Å². The van der Waals surface area contributed by atoms with Crippen molar-refractivity contribution in [1.29, 1.82) is 0 Å². The molecule has 2 aliphatic heterocycles. The van der Waals surface area contributed by atoms with Crippen LogP contribution in [0.15, 0.2) is 36.4 Å². The standard InChI is InChI=1S/C20H21NO2/c1-20(2,3)23-19(22)21-17-13-8-11-6-4-5-7-12(11)9-14(13)18(21)16-10-15(16)17/h4-9,15-18H,10H2,1-3H3/t15-,16+,17+,18-. The predicted octanol–water partition coefficient (Wildman–Crippen LogP) is 4.82.